The number of aliphatic hydroxyl groups is 2. The largest absolute Gasteiger partial charge is 0.469 e. The van der Waals surface area contributed by atoms with Crippen molar-refractivity contribution in [1.82, 2.24) is 20.4 Å². The molecule has 5 heterocycles. The Morgan fingerprint density at radius 1 is 0.804 bits per heavy atom. The third kappa shape index (κ3) is 9.30. The molecule has 46 heavy (non-hydrogen) atoms. The van der Waals surface area contributed by atoms with E-state index in [1.54, 1.807) is 18.7 Å². The van der Waals surface area contributed by atoms with E-state index < -0.39 is 83.0 Å². The van der Waals surface area contributed by atoms with Gasteiger partial charge in [0.15, 0.2) is 18.2 Å². The van der Waals surface area contributed by atoms with Crippen LogP contribution < -0.4 is 10.6 Å². The van der Waals surface area contributed by atoms with Gasteiger partial charge in [-0.3, -0.25) is 18.6 Å². The van der Waals surface area contributed by atoms with E-state index in [4.69, 9.17) is 38.5 Å². The first-order valence-electron chi connectivity index (χ1n) is 13.1. The minimum absolute atomic E-state index is 0. The van der Waals surface area contributed by atoms with Gasteiger partial charge in [-0.15, -0.1) is 0 Å². The molecular weight excluding hydrogens is 662 g/mol. The summed E-state index contributed by atoms with van der Waals surface area (Å²) >= 11 is 0. The monoisotopic (exact) mass is 700 g/mol. The van der Waals surface area contributed by atoms with Gasteiger partial charge in [-0.1, -0.05) is 20.6 Å². The summed E-state index contributed by atoms with van der Waals surface area (Å²) in [7, 11) is -9.35. The van der Waals surface area contributed by atoms with Gasteiger partial charge in [-0.05, 0) is 13.8 Å². The van der Waals surface area contributed by atoms with Crippen molar-refractivity contribution in [3.05, 3.63) is 49.4 Å². The summed E-state index contributed by atoms with van der Waals surface area (Å²) in [5.74, 6) is -1.16. The standard InChI is InChI=1S/C13H19N2O8P.C10H15N2O8P.CH4/c1-7-14-9(16)4-5-15(7)12-11-10(22-13(2,3)23-11)8(21-12)6-20-24(17,18)19;1-5-11-7(13)2-3-12(5)10-9(15)8(14)6(20-10)4-19-21(16,17)18;/h4-5,8,10-12H,1,6H2,2-3H3,(H,14,16)(H2,17,18,19);2-3,6,8-10,14-15H,1,4H2,(H,11,13)(H2,16,17,18);1H4/t8-,10-,11?,12-;6-,8-,9?,10-;/m11./s1. The number of hydrogen-bond donors (Lipinski definition) is 8. The number of phosphoric acid groups is 2. The van der Waals surface area contributed by atoms with E-state index in [-0.39, 0.29) is 25.8 Å². The van der Waals surface area contributed by atoms with Crippen LogP contribution in [0.25, 0.3) is 0 Å². The predicted molar refractivity (Wildman–Crippen MR) is 152 cm³/mol. The average Bonchev–Trinajstić information content (AvgIpc) is 3.49. The van der Waals surface area contributed by atoms with Crippen LogP contribution in [-0.2, 0) is 46.7 Å². The molecule has 0 radical (unpaired) electrons. The minimum Gasteiger partial charge on any atom is -0.387 e. The van der Waals surface area contributed by atoms with E-state index in [0.29, 0.717) is 5.82 Å². The Kier molecular flexibility index (Phi) is 11.8. The molecule has 260 valence electrons. The molecule has 5 aliphatic rings. The molecule has 2 amide bonds. The van der Waals surface area contributed by atoms with Gasteiger partial charge in [0.25, 0.3) is 11.8 Å². The minimum atomic E-state index is -4.71. The fourth-order valence-electron chi connectivity index (χ4n) is 4.90. The Morgan fingerprint density at radius 2 is 1.24 bits per heavy atom. The van der Waals surface area contributed by atoms with Gasteiger partial charge in [-0.2, -0.15) is 0 Å². The lowest BCUT2D eigenvalue weighted by Gasteiger charge is -2.34. The molecule has 22 heteroatoms. The lowest BCUT2D eigenvalue weighted by atomic mass is 10.1. The molecule has 3 fully saturated rings. The summed E-state index contributed by atoms with van der Waals surface area (Å²) in [6.45, 7) is 9.83. The van der Waals surface area contributed by atoms with E-state index >= 15 is 0 Å². The van der Waals surface area contributed by atoms with Crippen LogP contribution in [0, 0.1) is 0 Å². The first-order valence-corrected chi connectivity index (χ1v) is 16.2. The topological polar surface area (TPSA) is 276 Å². The molecule has 8 N–H and O–H groups in total. The van der Waals surface area contributed by atoms with Gasteiger partial charge in [0.1, 0.15) is 48.3 Å². The van der Waals surface area contributed by atoms with Crippen LogP contribution in [0.5, 0.6) is 0 Å². The molecular formula is C24H38N4O16P2. The average molecular weight is 701 g/mol. The molecule has 0 aromatic carbocycles. The highest BCUT2D eigenvalue weighted by molar-refractivity contribution is 7.46. The summed E-state index contributed by atoms with van der Waals surface area (Å²) in [5, 5.41) is 24.7. The number of nitrogens with zero attached hydrogens (tertiary/aromatic N) is 2. The normalized spacial score (nSPS) is 33.7. The number of ether oxygens (including phenoxy) is 4. The molecule has 0 aromatic rings. The highest BCUT2D eigenvalue weighted by atomic mass is 31.2. The van der Waals surface area contributed by atoms with E-state index in [1.807, 2.05) is 0 Å². The van der Waals surface area contributed by atoms with Crippen LogP contribution in [0.1, 0.15) is 21.3 Å². The SMILES string of the molecule is C.C=C1NC(=O)C=CN1[C@@H]1O[C@H](COP(=O)(O)O)[C@@H](O)C1O.C=C1NC(=O)C=CN1[C@@H]1O[C@H](COP(=O)(O)O)[C@H]2OC(C)(C)OC12. The van der Waals surface area contributed by atoms with Crippen molar-refractivity contribution < 1.29 is 76.5 Å². The Hall–Kier alpha value is -2.52. The number of aliphatic hydroxyl groups excluding tert-OH is 2. The van der Waals surface area contributed by atoms with Crippen molar-refractivity contribution >= 4 is 27.5 Å². The molecule has 0 aromatic heterocycles. The van der Waals surface area contributed by atoms with Crippen LogP contribution >= 0.6 is 15.6 Å². The van der Waals surface area contributed by atoms with Gasteiger partial charge in [0.05, 0.1) is 13.2 Å². The second-order valence-corrected chi connectivity index (χ2v) is 13.0. The first kappa shape index (κ1) is 37.9. The van der Waals surface area contributed by atoms with E-state index in [9.17, 15) is 28.9 Å². The number of rotatable bonds is 8. The van der Waals surface area contributed by atoms with Crippen LogP contribution in [0.15, 0.2) is 49.4 Å². The van der Waals surface area contributed by atoms with Gasteiger partial charge in [0.2, 0.25) is 0 Å². The smallest absolute Gasteiger partial charge is 0.387 e. The van der Waals surface area contributed by atoms with Gasteiger partial charge < -0.3 is 69.2 Å². The fourth-order valence-corrected chi connectivity index (χ4v) is 5.59. The Balaban J connectivity index is 0.000000247. The van der Waals surface area contributed by atoms with Crippen molar-refractivity contribution in [2.75, 3.05) is 13.2 Å². The van der Waals surface area contributed by atoms with Crippen molar-refractivity contribution in [3.8, 4) is 0 Å². The number of amides is 2. The second kappa shape index (κ2) is 14.3. The number of phosphoric ester groups is 2. The molecule has 0 bridgehead atoms. The van der Waals surface area contributed by atoms with Crippen molar-refractivity contribution in [2.24, 2.45) is 0 Å². The highest BCUT2D eigenvalue weighted by Gasteiger charge is 2.57. The molecule has 20 nitrogen and oxygen atoms in total. The molecule has 3 saturated heterocycles. The zero-order valence-corrected chi connectivity index (χ0v) is 25.6. The van der Waals surface area contributed by atoms with Crippen LogP contribution in [0.2, 0.25) is 0 Å². The number of carbonyl (C=O) groups is 2. The van der Waals surface area contributed by atoms with Crippen LogP contribution in [0.3, 0.4) is 0 Å². The summed E-state index contributed by atoms with van der Waals surface area (Å²) in [6, 6.07) is 0. The zero-order chi connectivity index (χ0) is 33.5. The van der Waals surface area contributed by atoms with Gasteiger partial charge >= 0.3 is 15.6 Å². The molecule has 8 atom stereocenters. The first-order chi connectivity index (χ1) is 20.7. The molecule has 5 aliphatic heterocycles. The molecule has 0 aliphatic carbocycles. The zero-order valence-electron chi connectivity index (χ0n) is 23.8. The maximum atomic E-state index is 11.4. The lowest BCUT2D eigenvalue weighted by molar-refractivity contribution is -0.202. The third-order valence-corrected chi connectivity index (χ3v) is 7.73. The maximum absolute atomic E-state index is 11.4. The molecule has 2 unspecified atom stereocenters. The summed E-state index contributed by atoms with van der Waals surface area (Å²) in [5.41, 5.74) is 0. The quantitative estimate of drug-likeness (QED) is 0.132. The van der Waals surface area contributed by atoms with E-state index in [0.717, 1.165) is 0 Å². The number of carbonyl (C=O) groups excluding carboxylic acids is 2. The van der Waals surface area contributed by atoms with E-state index in [2.05, 4.69) is 32.8 Å². The Bertz CT molecular complexity index is 1350. The van der Waals surface area contributed by atoms with Crippen molar-refractivity contribution in [1.29, 1.82) is 0 Å². The summed E-state index contributed by atoms with van der Waals surface area (Å²) in [4.78, 5) is 60.3. The number of hydrogen-bond acceptors (Lipinski definition) is 14. The summed E-state index contributed by atoms with van der Waals surface area (Å²) in [6.07, 6.45) is -2.29. The van der Waals surface area contributed by atoms with Crippen LogP contribution in [-0.4, -0.2) is 119 Å². The third-order valence-electron chi connectivity index (χ3n) is 6.76. The van der Waals surface area contributed by atoms with Gasteiger partial charge in [-0.25, -0.2) is 9.13 Å². The van der Waals surface area contributed by atoms with Gasteiger partial charge in [0, 0.05) is 24.6 Å². The Morgan fingerprint density at radius 3 is 1.72 bits per heavy atom. The maximum Gasteiger partial charge on any atom is 0.469 e. The second-order valence-electron chi connectivity index (χ2n) is 10.6. The molecule has 5 rings (SSSR count). The Labute approximate surface area is 263 Å². The molecule has 0 saturated carbocycles. The van der Waals surface area contributed by atoms with E-state index in [1.165, 1.54) is 29.5 Å². The summed E-state index contributed by atoms with van der Waals surface area (Å²) < 4.78 is 53.1. The van der Waals surface area contributed by atoms with Crippen LogP contribution in [0.4, 0.5) is 0 Å². The highest BCUT2D eigenvalue weighted by Crippen LogP contribution is 2.43. The number of fused-ring (bicyclic) bond motifs is 1. The molecule has 0 spiro atoms. The lowest BCUT2D eigenvalue weighted by Crippen LogP contribution is -2.46. The number of nitrogens with one attached hydrogen (secondary N) is 2. The van der Waals surface area contributed by atoms with Crippen molar-refractivity contribution in [2.45, 2.75) is 76.1 Å². The van der Waals surface area contributed by atoms with Crippen molar-refractivity contribution in [3.63, 3.8) is 0 Å². The fraction of sp³-hybridized carbons (Fsp3) is 0.583. The predicted octanol–water partition coefficient (Wildman–Crippen LogP) is -1.65.